The molecule has 1 aromatic rings. The fraction of sp³-hybridized carbons (Fsp3) is 0.200. The van der Waals surface area contributed by atoms with Gasteiger partial charge in [0.05, 0.1) is 4.91 Å². The number of hydrogen-bond donors (Lipinski definition) is 2. The smallest absolute Gasteiger partial charge is 0.326 e. The number of carbonyl (C=O) groups is 3. The summed E-state index contributed by atoms with van der Waals surface area (Å²) in [4.78, 5) is 36.2. The first-order valence-corrected chi connectivity index (χ1v) is 7.96. The monoisotopic (exact) mass is 350 g/mol. The topological polar surface area (TPSA) is 101 Å². The molecular formula is C15H14N2O4S2. The molecule has 1 saturated heterocycles. The van der Waals surface area contributed by atoms with Crippen LogP contribution in [-0.4, -0.2) is 38.2 Å². The Morgan fingerprint density at radius 1 is 1.35 bits per heavy atom. The normalized spacial score (nSPS) is 17.6. The van der Waals surface area contributed by atoms with Crippen LogP contribution in [0.15, 0.2) is 35.2 Å². The molecular weight excluding hydrogens is 336 g/mol. The summed E-state index contributed by atoms with van der Waals surface area (Å²) in [5.74, 6) is -2.31. The van der Waals surface area contributed by atoms with Gasteiger partial charge in [0.25, 0.3) is 5.91 Å². The third kappa shape index (κ3) is 4.17. The minimum atomic E-state index is -1.22. The highest BCUT2D eigenvalue weighted by Crippen LogP contribution is 2.34. The Labute approximate surface area is 142 Å². The zero-order chi connectivity index (χ0) is 17.0. The fourth-order valence-electron chi connectivity index (χ4n) is 2.09. The summed E-state index contributed by atoms with van der Waals surface area (Å²) in [5.41, 5.74) is 5.87. The van der Waals surface area contributed by atoms with Gasteiger partial charge in [-0.2, -0.15) is 0 Å². The average molecular weight is 350 g/mol. The molecule has 2 rings (SSSR count). The lowest BCUT2D eigenvalue weighted by molar-refractivity contribution is -0.145. The molecule has 0 radical (unpaired) electrons. The predicted molar refractivity (Wildman–Crippen MR) is 91.3 cm³/mol. The van der Waals surface area contributed by atoms with E-state index in [-0.39, 0.29) is 17.2 Å². The van der Waals surface area contributed by atoms with Crippen molar-refractivity contribution in [3.8, 4) is 0 Å². The zero-order valence-corrected chi connectivity index (χ0v) is 13.6. The van der Waals surface area contributed by atoms with Crippen molar-refractivity contribution < 1.29 is 19.5 Å². The maximum Gasteiger partial charge on any atom is 0.326 e. The molecule has 1 atom stereocenters. The van der Waals surface area contributed by atoms with Gasteiger partial charge in [0.1, 0.15) is 10.4 Å². The third-order valence-corrected chi connectivity index (χ3v) is 4.51. The molecule has 1 heterocycles. The molecule has 120 valence electrons. The minimum absolute atomic E-state index is 0.0737. The summed E-state index contributed by atoms with van der Waals surface area (Å²) in [5, 5.41) is 9.32. The van der Waals surface area contributed by atoms with Crippen LogP contribution in [0.2, 0.25) is 0 Å². The maximum absolute atomic E-state index is 12.5. The lowest BCUT2D eigenvalue weighted by atomic mass is 10.1. The lowest BCUT2D eigenvalue weighted by Crippen LogP contribution is -2.44. The average Bonchev–Trinajstić information content (AvgIpc) is 2.75. The van der Waals surface area contributed by atoms with Crippen molar-refractivity contribution in [2.75, 3.05) is 0 Å². The number of rotatable bonds is 6. The number of nitrogens with two attached hydrogens (primary N) is 1. The van der Waals surface area contributed by atoms with Gasteiger partial charge in [-0.3, -0.25) is 14.5 Å². The molecule has 2 amide bonds. The van der Waals surface area contributed by atoms with Crippen molar-refractivity contribution in [2.24, 2.45) is 5.73 Å². The van der Waals surface area contributed by atoms with E-state index < -0.39 is 23.8 Å². The number of thioether (sulfide) groups is 1. The van der Waals surface area contributed by atoms with Gasteiger partial charge >= 0.3 is 5.97 Å². The molecule has 3 N–H and O–H groups in total. The summed E-state index contributed by atoms with van der Waals surface area (Å²) in [6.07, 6.45) is 1.45. The number of nitrogens with zero attached hydrogens (tertiary/aromatic N) is 1. The van der Waals surface area contributed by atoms with Gasteiger partial charge in [0, 0.05) is 6.42 Å². The molecule has 1 fully saturated rings. The number of hydrogen-bond acceptors (Lipinski definition) is 5. The molecule has 1 aliphatic rings. The molecule has 0 aliphatic carbocycles. The molecule has 1 aliphatic heterocycles. The Bertz CT molecular complexity index is 688. The molecule has 0 bridgehead atoms. The van der Waals surface area contributed by atoms with E-state index in [1.165, 1.54) is 0 Å². The van der Waals surface area contributed by atoms with Crippen LogP contribution in [0.5, 0.6) is 0 Å². The van der Waals surface area contributed by atoms with E-state index in [1.807, 2.05) is 30.3 Å². The van der Waals surface area contributed by atoms with Crippen LogP contribution in [-0.2, 0) is 14.4 Å². The van der Waals surface area contributed by atoms with Gasteiger partial charge < -0.3 is 10.8 Å². The molecule has 1 aromatic carbocycles. The quantitative estimate of drug-likeness (QED) is 0.597. The van der Waals surface area contributed by atoms with E-state index in [9.17, 15) is 19.5 Å². The minimum Gasteiger partial charge on any atom is -0.480 e. The van der Waals surface area contributed by atoms with Crippen LogP contribution in [0.4, 0.5) is 0 Å². The maximum atomic E-state index is 12.5. The standard InChI is InChI=1S/C15H14N2O4S2/c16-12(18)7-6-10(14(20)21)17-13(19)11(23-15(17)22)8-9-4-2-1-3-5-9/h1-5,8,10H,6-7H2,(H2,16,18)(H,20,21)/b11-8-. The SMILES string of the molecule is NC(=O)CCC(C(=O)O)N1C(=O)/C(=C/c2ccccc2)SC1=S. The first kappa shape index (κ1) is 17.2. The van der Waals surface area contributed by atoms with Crippen LogP contribution < -0.4 is 5.73 Å². The number of primary amides is 1. The second-order valence-corrected chi connectivity index (χ2v) is 6.50. The van der Waals surface area contributed by atoms with Crippen molar-refractivity contribution in [3.63, 3.8) is 0 Å². The van der Waals surface area contributed by atoms with Gasteiger partial charge in [-0.1, -0.05) is 54.3 Å². The van der Waals surface area contributed by atoms with Crippen LogP contribution in [0.3, 0.4) is 0 Å². The highest BCUT2D eigenvalue weighted by Gasteiger charge is 2.40. The molecule has 0 spiro atoms. The molecule has 6 nitrogen and oxygen atoms in total. The highest BCUT2D eigenvalue weighted by atomic mass is 32.2. The van der Waals surface area contributed by atoms with Gasteiger partial charge in [-0.15, -0.1) is 0 Å². The number of thiocarbonyl (C=S) groups is 1. The summed E-state index contributed by atoms with van der Waals surface area (Å²) in [6, 6.07) is 7.98. The van der Waals surface area contributed by atoms with Crippen LogP contribution >= 0.6 is 24.0 Å². The highest BCUT2D eigenvalue weighted by molar-refractivity contribution is 8.26. The Balaban J connectivity index is 2.24. The number of benzene rings is 1. The largest absolute Gasteiger partial charge is 0.480 e. The fourth-order valence-corrected chi connectivity index (χ4v) is 3.45. The van der Waals surface area contributed by atoms with E-state index in [0.717, 1.165) is 22.2 Å². The van der Waals surface area contributed by atoms with Crippen molar-refractivity contribution in [1.82, 2.24) is 4.90 Å². The van der Waals surface area contributed by atoms with Crippen LogP contribution in [0, 0.1) is 0 Å². The Hall–Kier alpha value is -2.19. The van der Waals surface area contributed by atoms with E-state index in [2.05, 4.69) is 0 Å². The third-order valence-electron chi connectivity index (χ3n) is 3.18. The van der Waals surface area contributed by atoms with Gasteiger partial charge in [0.2, 0.25) is 5.91 Å². The summed E-state index contributed by atoms with van der Waals surface area (Å²) >= 11 is 6.18. The first-order valence-electron chi connectivity index (χ1n) is 6.73. The van der Waals surface area contributed by atoms with E-state index >= 15 is 0 Å². The van der Waals surface area contributed by atoms with E-state index in [4.69, 9.17) is 18.0 Å². The lowest BCUT2D eigenvalue weighted by Gasteiger charge is -2.22. The Morgan fingerprint density at radius 2 is 2.00 bits per heavy atom. The van der Waals surface area contributed by atoms with E-state index in [0.29, 0.717) is 4.91 Å². The van der Waals surface area contributed by atoms with Gasteiger partial charge in [-0.05, 0) is 18.1 Å². The van der Waals surface area contributed by atoms with Crippen LogP contribution in [0.1, 0.15) is 18.4 Å². The second kappa shape index (κ2) is 7.38. The number of aliphatic carboxylic acids is 1. The zero-order valence-electron chi connectivity index (χ0n) is 12.0. The molecule has 0 saturated carbocycles. The van der Waals surface area contributed by atoms with Crippen molar-refractivity contribution in [1.29, 1.82) is 0 Å². The second-order valence-electron chi connectivity index (χ2n) is 4.82. The van der Waals surface area contributed by atoms with Gasteiger partial charge in [-0.25, -0.2) is 4.79 Å². The number of amides is 2. The molecule has 0 aromatic heterocycles. The Morgan fingerprint density at radius 3 is 2.57 bits per heavy atom. The van der Waals surface area contributed by atoms with Crippen molar-refractivity contribution >= 4 is 52.2 Å². The first-order chi connectivity index (χ1) is 10.9. The molecule has 8 heteroatoms. The molecule has 1 unspecified atom stereocenters. The van der Waals surface area contributed by atoms with Crippen molar-refractivity contribution in [3.05, 3.63) is 40.8 Å². The summed E-state index contributed by atoms with van der Waals surface area (Å²) in [6.45, 7) is 0. The van der Waals surface area contributed by atoms with Crippen molar-refractivity contribution in [2.45, 2.75) is 18.9 Å². The summed E-state index contributed by atoms with van der Waals surface area (Å²) in [7, 11) is 0. The Kier molecular flexibility index (Phi) is 5.51. The summed E-state index contributed by atoms with van der Waals surface area (Å²) < 4.78 is 0.161. The molecule has 23 heavy (non-hydrogen) atoms. The number of carbonyl (C=O) groups excluding carboxylic acids is 2. The number of carboxylic acid groups (broad SMARTS) is 1. The van der Waals surface area contributed by atoms with Crippen LogP contribution in [0.25, 0.3) is 6.08 Å². The van der Waals surface area contributed by atoms with Gasteiger partial charge in [0.15, 0.2) is 0 Å². The number of carboxylic acids is 1. The van der Waals surface area contributed by atoms with E-state index in [1.54, 1.807) is 6.08 Å². The predicted octanol–water partition coefficient (Wildman–Crippen LogP) is 1.61.